The average molecular weight is 301 g/mol. The summed E-state index contributed by atoms with van der Waals surface area (Å²) in [5.41, 5.74) is 2.20. The highest BCUT2D eigenvalue weighted by atomic mass is 79.9. The molecule has 0 aromatic heterocycles. The van der Waals surface area contributed by atoms with Gasteiger partial charge in [0.05, 0.1) is 13.2 Å². The highest BCUT2D eigenvalue weighted by Gasteiger charge is 2.16. The zero-order valence-corrected chi connectivity index (χ0v) is 11.7. The lowest BCUT2D eigenvalue weighted by molar-refractivity contribution is -0.142. The van der Waals surface area contributed by atoms with Crippen molar-refractivity contribution in [3.8, 4) is 0 Å². The van der Waals surface area contributed by atoms with E-state index in [2.05, 4.69) is 15.9 Å². The molecular weight excluding hydrogens is 284 g/mol. The molecular formula is C13H17BrO3. The molecule has 0 spiro atoms. The topological polar surface area (TPSA) is 35.5 Å². The minimum atomic E-state index is -0.291. The van der Waals surface area contributed by atoms with E-state index in [4.69, 9.17) is 9.47 Å². The van der Waals surface area contributed by atoms with Crippen molar-refractivity contribution in [2.75, 3.05) is 13.7 Å². The third-order valence-electron chi connectivity index (χ3n) is 2.26. The van der Waals surface area contributed by atoms with Crippen LogP contribution in [0.3, 0.4) is 0 Å². The summed E-state index contributed by atoms with van der Waals surface area (Å²) < 4.78 is 10.0. The number of carbonyl (C=O) groups excluding carboxylic acids is 1. The lowest BCUT2D eigenvalue weighted by atomic mass is 10.1. The van der Waals surface area contributed by atoms with Crippen LogP contribution in [-0.2, 0) is 27.3 Å². The Morgan fingerprint density at radius 2 is 2.12 bits per heavy atom. The van der Waals surface area contributed by atoms with E-state index in [9.17, 15) is 4.79 Å². The first-order valence-corrected chi connectivity index (χ1v) is 6.46. The third kappa shape index (κ3) is 4.88. The fourth-order valence-electron chi connectivity index (χ4n) is 1.54. The predicted octanol–water partition coefficient (Wildman–Crippen LogP) is 2.70. The largest absolute Gasteiger partial charge is 0.465 e. The van der Waals surface area contributed by atoms with Crippen molar-refractivity contribution in [3.05, 3.63) is 35.4 Å². The fourth-order valence-corrected chi connectivity index (χ4v) is 2.04. The van der Waals surface area contributed by atoms with Gasteiger partial charge in [0, 0.05) is 7.11 Å². The van der Waals surface area contributed by atoms with Crippen LogP contribution in [0.1, 0.15) is 18.1 Å². The van der Waals surface area contributed by atoms with Gasteiger partial charge in [0.2, 0.25) is 0 Å². The molecule has 0 saturated heterocycles. The summed E-state index contributed by atoms with van der Waals surface area (Å²) in [4.78, 5) is 11.2. The van der Waals surface area contributed by atoms with Crippen molar-refractivity contribution in [1.29, 1.82) is 0 Å². The number of hydrogen-bond acceptors (Lipinski definition) is 3. The van der Waals surface area contributed by atoms with Crippen molar-refractivity contribution < 1.29 is 14.3 Å². The molecule has 0 fully saturated rings. The van der Waals surface area contributed by atoms with E-state index < -0.39 is 0 Å². The van der Waals surface area contributed by atoms with E-state index in [0.29, 0.717) is 19.6 Å². The summed E-state index contributed by atoms with van der Waals surface area (Å²) in [5.74, 6) is -0.218. The lowest BCUT2D eigenvalue weighted by Gasteiger charge is -2.10. The van der Waals surface area contributed by atoms with E-state index in [-0.39, 0.29) is 10.8 Å². The minimum absolute atomic E-state index is 0.218. The molecule has 0 aliphatic rings. The molecule has 0 saturated carbocycles. The fraction of sp³-hybridized carbons (Fsp3) is 0.462. The molecule has 0 aliphatic heterocycles. The van der Waals surface area contributed by atoms with Crippen LogP contribution in [-0.4, -0.2) is 24.5 Å². The van der Waals surface area contributed by atoms with Crippen LogP contribution in [0.25, 0.3) is 0 Å². The van der Waals surface area contributed by atoms with Crippen LogP contribution in [0.4, 0.5) is 0 Å². The van der Waals surface area contributed by atoms with E-state index in [1.807, 2.05) is 24.3 Å². The molecule has 17 heavy (non-hydrogen) atoms. The van der Waals surface area contributed by atoms with Gasteiger partial charge in [-0.1, -0.05) is 40.2 Å². The van der Waals surface area contributed by atoms with Crippen LogP contribution < -0.4 is 0 Å². The Bertz CT molecular complexity index is 365. The molecule has 0 radical (unpaired) electrons. The molecule has 1 atom stereocenters. The number of ether oxygens (including phenoxy) is 2. The normalized spacial score (nSPS) is 12.2. The number of hydrogen-bond donors (Lipinski definition) is 0. The second-order valence-corrected chi connectivity index (χ2v) is 4.78. The highest BCUT2D eigenvalue weighted by molar-refractivity contribution is 9.10. The Balaban J connectivity index is 2.61. The Morgan fingerprint density at radius 3 is 2.76 bits per heavy atom. The van der Waals surface area contributed by atoms with Gasteiger partial charge >= 0.3 is 5.97 Å². The summed E-state index contributed by atoms with van der Waals surface area (Å²) in [6, 6.07) is 8.00. The average Bonchev–Trinajstić information content (AvgIpc) is 2.30. The molecule has 94 valence electrons. The summed E-state index contributed by atoms with van der Waals surface area (Å²) >= 11 is 3.34. The molecule has 0 heterocycles. The van der Waals surface area contributed by atoms with Crippen LogP contribution >= 0.6 is 15.9 Å². The van der Waals surface area contributed by atoms with Crippen molar-refractivity contribution in [2.45, 2.75) is 24.8 Å². The highest BCUT2D eigenvalue weighted by Crippen LogP contribution is 2.14. The minimum Gasteiger partial charge on any atom is -0.465 e. The maximum atomic E-state index is 11.5. The van der Waals surface area contributed by atoms with Gasteiger partial charge in [-0.15, -0.1) is 0 Å². The van der Waals surface area contributed by atoms with E-state index in [1.54, 1.807) is 14.0 Å². The maximum Gasteiger partial charge on any atom is 0.320 e. The van der Waals surface area contributed by atoms with Gasteiger partial charge in [0.1, 0.15) is 4.83 Å². The Hall–Kier alpha value is -0.870. The van der Waals surface area contributed by atoms with Gasteiger partial charge < -0.3 is 9.47 Å². The molecule has 0 bridgehead atoms. The van der Waals surface area contributed by atoms with Gasteiger partial charge in [-0.3, -0.25) is 4.79 Å². The van der Waals surface area contributed by atoms with E-state index in [0.717, 1.165) is 11.1 Å². The number of carbonyl (C=O) groups is 1. The maximum absolute atomic E-state index is 11.5. The number of benzene rings is 1. The molecule has 1 aromatic rings. The van der Waals surface area contributed by atoms with Gasteiger partial charge in [-0.05, 0) is 24.5 Å². The standard InChI is InChI=1S/C13H17BrO3/c1-3-17-13(15)12(14)8-10-5-4-6-11(7-10)9-16-2/h4-7,12H,3,8-9H2,1-2H3. The zero-order chi connectivity index (χ0) is 12.7. The number of halogens is 1. The molecule has 0 N–H and O–H groups in total. The van der Waals surface area contributed by atoms with Crippen molar-refractivity contribution in [3.63, 3.8) is 0 Å². The van der Waals surface area contributed by atoms with Crippen LogP contribution in [0.15, 0.2) is 24.3 Å². The Kier molecular flexibility index (Phi) is 6.22. The van der Waals surface area contributed by atoms with Gasteiger partial charge in [0.15, 0.2) is 0 Å². The van der Waals surface area contributed by atoms with Crippen LogP contribution in [0.2, 0.25) is 0 Å². The molecule has 3 nitrogen and oxygen atoms in total. The monoisotopic (exact) mass is 300 g/mol. The first-order chi connectivity index (χ1) is 8.17. The second-order valence-electron chi connectivity index (χ2n) is 3.68. The zero-order valence-electron chi connectivity index (χ0n) is 10.1. The number of alkyl halides is 1. The summed E-state index contributed by atoms with van der Waals surface area (Å²) in [6.45, 7) is 2.79. The molecule has 1 rings (SSSR count). The van der Waals surface area contributed by atoms with E-state index in [1.165, 1.54) is 0 Å². The number of methoxy groups -OCH3 is 1. The molecule has 1 unspecified atom stereocenters. The van der Waals surface area contributed by atoms with Crippen molar-refractivity contribution >= 4 is 21.9 Å². The van der Waals surface area contributed by atoms with E-state index >= 15 is 0 Å². The van der Waals surface area contributed by atoms with Gasteiger partial charge in [-0.25, -0.2) is 0 Å². The SMILES string of the molecule is CCOC(=O)C(Br)Cc1cccc(COC)c1. The summed E-state index contributed by atoms with van der Waals surface area (Å²) in [7, 11) is 1.67. The Labute approximate surface area is 110 Å². The van der Waals surface area contributed by atoms with Crippen molar-refractivity contribution in [1.82, 2.24) is 0 Å². The van der Waals surface area contributed by atoms with Crippen molar-refractivity contribution in [2.24, 2.45) is 0 Å². The lowest BCUT2D eigenvalue weighted by Crippen LogP contribution is -2.19. The smallest absolute Gasteiger partial charge is 0.320 e. The first-order valence-electron chi connectivity index (χ1n) is 5.54. The predicted molar refractivity (Wildman–Crippen MR) is 70.2 cm³/mol. The summed E-state index contributed by atoms with van der Waals surface area (Å²) in [5, 5.41) is 0. The first kappa shape index (κ1) is 14.2. The quantitative estimate of drug-likeness (QED) is 0.598. The second kappa shape index (κ2) is 7.45. The molecule has 0 aliphatic carbocycles. The number of esters is 1. The van der Waals surface area contributed by atoms with Crippen LogP contribution in [0.5, 0.6) is 0 Å². The molecule has 1 aromatic carbocycles. The number of rotatable bonds is 6. The summed E-state index contributed by atoms with van der Waals surface area (Å²) in [6.07, 6.45) is 0.621. The Morgan fingerprint density at radius 1 is 1.41 bits per heavy atom. The third-order valence-corrected chi connectivity index (χ3v) is 2.96. The van der Waals surface area contributed by atoms with Gasteiger partial charge in [-0.2, -0.15) is 0 Å². The molecule has 0 amide bonds. The molecule has 4 heteroatoms. The van der Waals surface area contributed by atoms with Gasteiger partial charge in [0.25, 0.3) is 0 Å². The van der Waals surface area contributed by atoms with Crippen LogP contribution in [0, 0.1) is 0 Å².